The van der Waals surface area contributed by atoms with E-state index in [1.165, 1.54) is 12.6 Å². The molecule has 29 heavy (non-hydrogen) atoms. The van der Waals surface area contributed by atoms with Crippen molar-refractivity contribution in [3.63, 3.8) is 0 Å². The van der Waals surface area contributed by atoms with Crippen LogP contribution in [0.2, 0.25) is 0 Å². The Kier molecular flexibility index (Phi) is 6.91. The summed E-state index contributed by atoms with van der Waals surface area (Å²) >= 11 is 0. The molecule has 0 radical (unpaired) electrons. The van der Waals surface area contributed by atoms with Crippen molar-refractivity contribution in [2.75, 3.05) is 17.2 Å². The number of primary amides is 1. The van der Waals surface area contributed by atoms with E-state index >= 15 is 0 Å². The molecule has 1 amide bonds. The molecule has 3 rings (SSSR count). The van der Waals surface area contributed by atoms with Crippen LogP contribution in [0.3, 0.4) is 0 Å². The zero-order valence-corrected chi connectivity index (χ0v) is 16.3. The molecule has 0 aliphatic heterocycles. The zero-order valence-electron chi connectivity index (χ0n) is 16.3. The first-order valence-corrected chi connectivity index (χ1v) is 9.76. The third-order valence-corrected chi connectivity index (χ3v) is 4.94. The Hall–Kier alpha value is -3.26. The summed E-state index contributed by atoms with van der Waals surface area (Å²) in [6.07, 6.45) is 5.56. The van der Waals surface area contributed by atoms with E-state index in [0.29, 0.717) is 16.9 Å². The molecule has 1 aliphatic rings. The number of nitrogens with zero attached hydrogens (tertiary/aromatic N) is 2. The first-order valence-electron chi connectivity index (χ1n) is 9.76. The molecular weight excluding hydrogens is 366 g/mol. The fourth-order valence-corrected chi connectivity index (χ4v) is 3.47. The van der Waals surface area contributed by atoms with E-state index < -0.39 is 5.91 Å². The largest absolute Gasteiger partial charge is 0.381 e. The van der Waals surface area contributed by atoms with E-state index in [-0.39, 0.29) is 18.6 Å². The number of anilines is 3. The van der Waals surface area contributed by atoms with Gasteiger partial charge in [0.2, 0.25) is 0 Å². The lowest BCUT2D eigenvalue weighted by atomic mass is 9.91. The van der Waals surface area contributed by atoms with Crippen molar-refractivity contribution in [2.45, 2.75) is 37.8 Å². The molecule has 8 nitrogen and oxygen atoms in total. The van der Waals surface area contributed by atoms with E-state index in [4.69, 9.17) is 16.9 Å². The van der Waals surface area contributed by atoms with Crippen molar-refractivity contribution in [3.05, 3.63) is 48.0 Å². The van der Waals surface area contributed by atoms with Gasteiger partial charge in [-0.1, -0.05) is 18.9 Å². The number of hydrogen-bond acceptors (Lipinski definition) is 7. The highest BCUT2D eigenvalue weighted by Gasteiger charge is 2.22. The third-order valence-electron chi connectivity index (χ3n) is 4.94. The van der Waals surface area contributed by atoms with Crippen molar-refractivity contribution < 1.29 is 4.79 Å². The first-order chi connectivity index (χ1) is 14.1. The summed E-state index contributed by atoms with van der Waals surface area (Å²) in [5.41, 5.74) is 15.1. The van der Waals surface area contributed by atoms with Gasteiger partial charge in [0.15, 0.2) is 0 Å². The molecule has 0 saturated heterocycles. The van der Waals surface area contributed by atoms with Crippen molar-refractivity contribution in [2.24, 2.45) is 21.7 Å². The fraction of sp³-hybridized carbons (Fsp3) is 0.333. The maximum Gasteiger partial charge on any atom is 0.250 e. The Labute approximate surface area is 170 Å². The third kappa shape index (κ3) is 5.61. The Morgan fingerprint density at radius 2 is 2.00 bits per heavy atom. The summed E-state index contributed by atoms with van der Waals surface area (Å²) < 4.78 is 0. The molecule has 2 unspecified atom stereocenters. The number of nitrogens with one attached hydrogen (secondary N) is 3. The molecule has 0 bridgehead atoms. The van der Waals surface area contributed by atoms with Crippen LogP contribution in [0.1, 0.15) is 36.0 Å². The van der Waals surface area contributed by atoms with E-state index in [2.05, 4.69) is 20.9 Å². The molecule has 1 fully saturated rings. The lowest BCUT2D eigenvalue weighted by molar-refractivity contribution is 0.100. The van der Waals surface area contributed by atoms with E-state index in [0.717, 1.165) is 30.6 Å². The molecular formula is C21H27N7O. The van der Waals surface area contributed by atoms with E-state index in [1.54, 1.807) is 6.07 Å². The number of rotatable bonds is 8. The van der Waals surface area contributed by atoms with Gasteiger partial charge < -0.3 is 27.5 Å². The molecule has 7 N–H and O–H groups in total. The summed E-state index contributed by atoms with van der Waals surface area (Å²) in [4.78, 5) is 11.9. The Morgan fingerprint density at radius 1 is 1.17 bits per heavy atom. The predicted octanol–water partition coefficient (Wildman–Crippen LogP) is 3.94. The van der Waals surface area contributed by atoms with Gasteiger partial charge in [-0.3, -0.25) is 4.79 Å². The SMILES string of the molecule is N=CCN=Nc1cccc(Nc2cc(NC3CCCCC3N)ccc2C(N)=O)c1. The number of carbonyl (C=O) groups excluding carboxylic acids is 1. The predicted molar refractivity (Wildman–Crippen MR) is 117 cm³/mol. The number of benzene rings is 2. The highest BCUT2D eigenvalue weighted by atomic mass is 16.1. The smallest absolute Gasteiger partial charge is 0.250 e. The molecule has 152 valence electrons. The van der Waals surface area contributed by atoms with Crippen molar-refractivity contribution >= 4 is 34.9 Å². The average molecular weight is 393 g/mol. The van der Waals surface area contributed by atoms with Gasteiger partial charge in [0, 0.05) is 29.7 Å². The quantitative estimate of drug-likeness (QED) is 0.342. The normalized spacial score (nSPS) is 19.1. The number of nitrogens with two attached hydrogens (primary N) is 2. The fourth-order valence-electron chi connectivity index (χ4n) is 3.47. The van der Waals surface area contributed by atoms with Gasteiger partial charge in [-0.15, -0.1) is 0 Å². The van der Waals surface area contributed by atoms with E-state index in [9.17, 15) is 4.79 Å². The van der Waals surface area contributed by atoms with Crippen molar-refractivity contribution in [1.82, 2.24) is 0 Å². The van der Waals surface area contributed by atoms with Gasteiger partial charge in [-0.25, -0.2) is 0 Å². The Bertz CT molecular complexity index is 896. The van der Waals surface area contributed by atoms with E-state index in [1.807, 2.05) is 36.4 Å². The summed E-state index contributed by atoms with van der Waals surface area (Å²) in [6, 6.07) is 13.1. The maximum atomic E-state index is 11.9. The van der Waals surface area contributed by atoms with Gasteiger partial charge in [0.05, 0.1) is 23.5 Å². The molecule has 1 aliphatic carbocycles. The molecule has 1 saturated carbocycles. The van der Waals surface area contributed by atoms with Crippen LogP contribution in [-0.4, -0.2) is 30.8 Å². The number of azo groups is 1. The summed E-state index contributed by atoms with van der Waals surface area (Å²) in [5, 5.41) is 21.7. The topological polar surface area (TPSA) is 142 Å². The molecule has 8 heteroatoms. The van der Waals surface area contributed by atoms with Crippen LogP contribution in [0.5, 0.6) is 0 Å². The Balaban J connectivity index is 1.82. The highest BCUT2D eigenvalue weighted by Crippen LogP contribution is 2.28. The zero-order chi connectivity index (χ0) is 20.6. The van der Waals surface area contributed by atoms with Crippen LogP contribution in [0, 0.1) is 5.41 Å². The average Bonchev–Trinajstić information content (AvgIpc) is 2.70. The van der Waals surface area contributed by atoms with Gasteiger partial charge >= 0.3 is 0 Å². The minimum absolute atomic E-state index is 0.124. The standard InChI is InChI=1S/C21H27N7O/c22-10-11-25-28-16-5-3-4-14(12-16)27-20-13-15(8-9-17(20)21(24)29)26-19-7-2-1-6-18(19)23/h3-5,8-10,12-13,18-19,22,26-27H,1-2,6-7,11,23H2,(H2,24,29). The van der Waals surface area contributed by atoms with Crippen LogP contribution in [-0.2, 0) is 0 Å². The minimum atomic E-state index is -0.504. The van der Waals surface area contributed by atoms with Crippen molar-refractivity contribution in [3.8, 4) is 0 Å². The van der Waals surface area contributed by atoms with Crippen molar-refractivity contribution in [1.29, 1.82) is 5.41 Å². The van der Waals surface area contributed by atoms with Crippen LogP contribution >= 0.6 is 0 Å². The molecule has 2 atom stereocenters. The van der Waals surface area contributed by atoms with Gasteiger partial charge in [0.25, 0.3) is 5.91 Å². The molecule has 0 spiro atoms. The second kappa shape index (κ2) is 9.79. The highest BCUT2D eigenvalue weighted by molar-refractivity contribution is 6.00. The maximum absolute atomic E-state index is 11.9. The summed E-state index contributed by atoms with van der Waals surface area (Å²) in [6.45, 7) is 0.237. The van der Waals surface area contributed by atoms with Crippen LogP contribution < -0.4 is 22.1 Å². The number of hydrogen-bond donors (Lipinski definition) is 5. The summed E-state index contributed by atoms with van der Waals surface area (Å²) in [5.74, 6) is -0.504. The molecule has 0 aromatic heterocycles. The number of amides is 1. The minimum Gasteiger partial charge on any atom is -0.381 e. The van der Waals surface area contributed by atoms with Gasteiger partial charge in [-0.2, -0.15) is 10.2 Å². The number of carbonyl (C=O) groups is 1. The second-order valence-corrected chi connectivity index (χ2v) is 7.13. The lowest BCUT2D eigenvalue weighted by Gasteiger charge is -2.30. The molecule has 2 aromatic rings. The van der Waals surface area contributed by atoms with Gasteiger partial charge in [0.1, 0.15) is 0 Å². The van der Waals surface area contributed by atoms with Crippen LogP contribution in [0.25, 0.3) is 0 Å². The van der Waals surface area contributed by atoms with Crippen LogP contribution in [0.15, 0.2) is 52.7 Å². The Morgan fingerprint density at radius 3 is 2.76 bits per heavy atom. The van der Waals surface area contributed by atoms with Gasteiger partial charge in [-0.05, 0) is 49.2 Å². The molecule has 2 aromatic carbocycles. The molecule has 0 heterocycles. The lowest BCUT2D eigenvalue weighted by Crippen LogP contribution is -2.42. The van der Waals surface area contributed by atoms with Crippen LogP contribution in [0.4, 0.5) is 22.7 Å². The second-order valence-electron chi connectivity index (χ2n) is 7.13. The first kappa shape index (κ1) is 20.5. The monoisotopic (exact) mass is 393 g/mol. The summed E-state index contributed by atoms with van der Waals surface area (Å²) in [7, 11) is 0.